The molecule has 1 N–H and O–H groups in total. The third kappa shape index (κ3) is 4.97. The highest BCUT2D eigenvalue weighted by atomic mass is 16.2. The summed E-state index contributed by atoms with van der Waals surface area (Å²) in [7, 11) is 0. The van der Waals surface area contributed by atoms with Crippen molar-refractivity contribution >= 4 is 5.91 Å². The summed E-state index contributed by atoms with van der Waals surface area (Å²) in [5.41, 5.74) is 4.90. The van der Waals surface area contributed by atoms with Gasteiger partial charge in [0, 0.05) is 26.1 Å². The monoisotopic (exact) mass is 430 g/mol. The number of fused-ring (bicyclic) bond motifs is 1. The lowest BCUT2D eigenvalue weighted by Gasteiger charge is -2.28. The van der Waals surface area contributed by atoms with Crippen LogP contribution in [-0.2, 0) is 30.8 Å². The van der Waals surface area contributed by atoms with E-state index in [0.717, 1.165) is 30.8 Å². The standard InChI is InChI=1S/C26H30N4O2/c1-18-9-11-22(12-10-18)19(2)27-25(31)17-30-20(3)28-24-13-14-29(16-23(24)26(30)32)15-21-7-5-4-6-8-21/h4-12,19H,13-17H2,1-3H3,(H,27,31). The van der Waals surface area contributed by atoms with Crippen LogP contribution in [0.1, 0.15) is 46.7 Å². The summed E-state index contributed by atoms with van der Waals surface area (Å²) in [6.07, 6.45) is 0.746. The maximum atomic E-state index is 13.3. The molecule has 1 atom stereocenters. The lowest BCUT2D eigenvalue weighted by molar-refractivity contribution is -0.122. The number of hydrogen-bond acceptors (Lipinski definition) is 4. The first kappa shape index (κ1) is 22.0. The van der Waals surface area contributed by atoms with Gasteiger partial charge >= 0.3 is 0 Å². The van der Waals surface area contributed by atoms with Crippen LogP contribution in [0.5, 0.6) is 0 Å². The molecule has 2 heterocycles. The first-order chi connectivity index (χ1) is 15.4. The quantitative estimate of drug-likeness (QED) is 0.652. The van der Waals surface area contributed by atoms with E-state index in [9.17, 15) is 9.59 Å². The van der Waals surface area contributed by atoms with Gasteiger partial charge < -0.3 is 5.32 Å². The van der Waals surface area contributed by atoms with Crippen LogP contribution in [0.3, 0.4) is 0 Å². The van der Waals surface area contributed by atoms with Crippen molar-refractivity contribution in [3.05, 3.63) is 98.7 Å². The minimum absolute atomic E-state index is 0.0279. The fourth-order valence-electron chi connectivity index (χ4n) is 4.22. The number of amides is 1. The Labute approximate surface area is 188 Å². The number of carbonyl (C=O) groups excluding carboxylic acids is 1. The van der Waals surface area contributed by atoms with Crippen LogP contribution in [0, 0.1) is 13.8 Å². The van der Waals surface area contributed by atoms with E-state index in [1.807, 2.05) is 56.3 Å². The number of aryl methyl sites for hydroxylation is 2. The van der Waals surface area contributed by atoms with Gasteiger partial charge in [0.15, 0.2) is 0 Å². The Kier molecular flexibility index (Phi) is 6.51. The number of benzene rings is 2. The summed E-state index contributed by atoms with van der Waals surface area (Å²) in [6.45, 7) is 7.97. The molecule has 0 aliphatic carbocycles. The van der Waals surface area contributed by atoms with Crippen molar-refractivity contribution < 1.29 is 4.79 Å². The van der Waals surface area contributed by atoms with Crippen molar-refractivity contribution in [3.63, 3.8) is 0 Å². The van der Waals surface area contributed by atoms with Crippen LogP contribution >= 0.6 is 0 Å². The molecule has 0 bridgehead atoms. The Hall–Kier alpha value is -3.25. The van der Waals surface area contributed by atoms with Crippen molar-refractivity contribution in [1.82, 2.24) is 19.8 Å². The molecule has 0 spiro atoms. The number of hydrogen-bond donors (Lipinski definition) is 1. The van der Waals surface area contributed by atoms with Gasteiger partial charge in [-0.1, -0.05) is 60.2 Å². The first-order valence-corrected chi connectivity index (χ1v) is 11.1. The molecule has 2 aromatic carbocycles. The molecule has 0 saturated heterocycles. The number of aromatic nitrogens is 2. The molecule has 4 rings (SSSR count). The van der Waals surface area contributed by atoms with E-state index >= 15 is 0 Å². The van der Waals surface area contributed by atoms with E-state index in [0.29, 0.717) is 17.9 Å². The van der Waals surface area contributed by atoms with Crippen molar-refractivity contribution in [2.24, 2.45) is 0 Å². The van der Waals surface area contributed by atoms with Crippen molar-refractivity contribution in [2.75, 3.05) is 6.54 Å². The molecule has 32 heavy (non-hydrogen) atoms. The van der Waals surface area contributed by atoms with Gasteiger partial charge in [-0.05, 0) is 31.9 Å². The SMILES string of the molecule is Cc1ccc(C(C)NC(=O)Cn2c(C)nc3c(c2=O)CN(Cc2ccccc2)CC3)cc1. The van der Waals surface area contributed by atoms with E-state index in [1.165, 1.54) is 15.7 Å². The lowest BCUT2D eigenvalue weighted by atomic mass is 10.1. The molecule has 166 valence electrons. The van der Waals surface area contributed by atoms with Crippen LogP contribution in [0.4, 0.5) is 0 Å². The van der Waals surface area contributed by atoms with Gasteiger partial charge in [0.25, 0.3) is 5.56 Å². The highest BCUT2D eigenvalue weighted by Crippen LogP contribution is 2.17. The van der Waals surface area contributed by atoms with Gasteiger partial charge in [0.05, 0.1) is 17.3 Å². The molecular formula is C26H30N4O2. The summed E-state index contributed by atoms with van der Waals surface area (Å²) >= 11 is 0. The highest BCUT2D eigenvalue weighted by molar-refractivity contribution is 5.76. The number of nitrogens with one attached hydrogen (secondary N) is 1. The summed E-state index contributed by atoms with van der Waals surface area (Å²) in [5, 5.41) is 3.00. The second kappa shape index (κ2) is 9.49. The maximum absolute atomic E-state index is 13.3. The second-order valence-electron chi connectivity index (χ2n) is 8.62. The summed E-state index contributed by atoms with van der Waals surface area (Å²) < 4.78 is 1.50. The summed E-state index contributed by atoms with van der Waals surface area (Å²) in [4.78, 5) is 32.9. The van der Waals surface area contributed by atoms with E-state index < -0.39 is 0 Å². The molecule has 0 fully saturated rings. The van der Waals surface area contributed by atoms with Crippen LogP contribution in [-0.4, -0.2) is 26.9 Å². The highest BCUT2D eigenvalue weighted by Gasteiger charge is 2.23. The largest absolute Gasteiger partial charge is 0.348 e. The van der Waals surface area contributed by atoms with E-state index in [4.69, 9.17) is 0 Å². The predicted molar refractivity (Wildman–Crippen MR) is 125 cm³/mol. The topological polar surface area (TPSA) is 67.2 Å². The van der Waals surface area contributed by atoms with E-state index in [2.05, 4.69) is 27.3 Å². The van der Waals surface area contributed by atoms with Gasteiger partial charge in [-0.25, -0.2) is 4.98 Å². The van der Waals surface area contributed by atoms with Crippen LogP contribution in [0.25, 0.3) is 0 Å². The number of nitrogens with zero attached hydrogens (tertiary/aromatic N) is 3. The van der Waals surface area contributed by atoms with Gasteiger partial charge in [0.1, 0.15) is 12.4 Å². The lowest BCUT2D eigenvalue weighted by Crippen LogP contribution is -2.41. The minimum Gasteiger partial charge on any atom is -0.348 e. The Morgan fingerprint density at radius 3 is 2.53 bits per heavy atom. The number of carbonyl (C=O) groups is 1. The maximum Gasteiger partial charge on any atom is 0.258 e. The van der Waals surface area contributed by atoms with Gasteiger partial charge in [-0.15, -0.1) is 0 Å². The molecule has 6 heteroatoms. The molecular weight excluding hydrogens is 400 g/mol. The fourth-order valence-corrected chi connectivity index (χ4v) is 4.22. The molecule has 1 unspecified atom stereocenters. The van der Waals surface area contributed by atoms with Gasteiger partial charge in [-0.2, -0.15) is 0 Å². The second-order valence-corrected chi connectivity index (χ2v) is 8.62. The molecule has 1 aliphatic rings. The smallest absolute Gasteiger partial charge is 0.258 e. The molecule has 1 aromatic heterocycles. The number of rotatable bonds is 6. The summed E-state index contributed by atoms with van der Waals surface area (Å²) in [5.74, 6) is 0.394. The summed E-state index contributed by atoms with van der Waals surface area (Å²) in [6, 6.07) is 18.2. The van der Waals surface area contributed by atoms with Crippen molar-refractivity contribution in [1.29, 1.82) is 0 Å². The molecule has 1 aliphatic heterocycles. The van der Waals surface area contributed by atoms with Gasteiger partial charge in [0.2, 0.25) is 5.91 Å². The predicted octanol–water partition coefficient (Wildman–Crippen LogP) is 3.30. The normalized spacial score (nSPS) is 14.6. The zero-order valence-electron chi connectivity index (χ0n) is 19.0. The zero-order valence-corrected chi connectivity index (χ0v) is 19.0. The third-order valence-corrected chi connectivity index (χ3v) is 6.09. The Morgan fingerprint density at radius 1 is 1.09 bits per heavy atom. The third-order valence-electron chi connectivity index (χ3n) is 6.09. The average molecular weight is 431 g/mol. The van der Waals surface area contributed by atoms with Crippen LogP contribution in [0.15, 0.2) is 59.4 Å². The molecule has 0 saturated carbocycles. The Morgan fingerprint density at radius 2 is 1.81 bits per heavy atom. The van der Waals surface area contributed by atoms with E-state index in [1.54, 1.807) is 6.92 Å². The minimum atomic E-state index is -0.193. The average Bonchev–Trinajstić information content (AvgIpc) is 2.78. The Balaban J connectivity index is 1.48. The van der Waals surface area contributed by atoms with E-state index in [-0.39, 0.29) is 24.1 Å². The zero-order chi connectivity index (χ0) is 22.7. The molecule has 1 amide bonds. The molecule has 3 aromatic rings. The van der Waals surface area contributed by atoms with Crippen LogP contribution < -0.4 is 10.9 Å². The van der Waals surface area contributed by atoms with Crippen LogP contribution in [0.2, 0.25) is 0 Å². The van der Waals surface area contributed by atoms with Gasteiger partial charge in [-0.3, -0.25) is 19.1 Å². The first-order valence-electron chi connectivity index (χ1n) is 11.1. The Bertz CT molecular complexity index is 1150. The fraction of sp³-hybridized carbons (Fsp3) is 0.346. The molecule has 0 radical (unpaired) electrons. The van der Waals surface area contributed by atoms with Crippen molar-refractivity contribution in [2.45, 2.75) is 52.9 Å². The molecule has 6 nitrogen and oxygen atoms in total. The van der Waals surface area contributed by atoms with Crippen molar-refractivity contribution in [3.8, 4) is 0 Å².